The van der Waals surface area contributed by atoms with Crippen molar-refractivity contribution in [3.63, 3.8) is 0 Å². The molecule has 3 fully saturated rings. The number of nitrogen functional groups attached to an aromatic ring is 2. The van der Waals surface area contributed by atoms with Gasteiger partial charge in [0.25, 0.3) is 32.7 Å². The van der Waals surface area contributed by atoms with E-state index in [4.69, 9.17) is 65.1 Å². The number of aromatic amines is 2. The van der Waals surface area contributed by atoms with E-state index in [-0.39, 0.29) is 45.4 Å². The molecule has 0 bridgehead atoms. The third kappa shape index (κ3) is 11.4. The van der Waals surface area contributed by atoms with Crippen LogP contribution in [0.25, 0.3) is 33.5 Å². The molecule has 3 aliphatic rings. The first-order valence-electron chi connectivity index (χ1n) is 21.3. The van der Waals surface area contributed by atoms with Gasteiger partial charge >= 0.3 is 5.65 Å². The maximum atomic E-state index is 13.9. The zero-order valence-corrected chi connectivity index (χ0v) is 43.5. The third-order valence-electron chi connectivity index (χ3n) is 11.6. The van der Waals surface area contributed by atoms with Crippen molar-refractivity contribution in [1.29, 1.82) is 0 Å². The molecule has 0 aromatic carbocycles. The molecule has 3 aliphatic heterocycles. The summed E-state index contributed by atoms with van der Waals surface area (Å²) < 4.78 is 89.5. The molecule has 9 rings (SSSR count). The predicted octanol–water partition coefficient (Wildman–Crippen LogP) is -5.93. The number of nitrogens with two attached hydrogens (primary N) is 2. The Morgan fingerprint density at radius 3 is 2.03 bits per heavy atom. The lowest BCUT2D eigenvalue weighted by atomic mass is 10.1. The van der Waals surface area contributed by atoms with Crippen LogP contribution in [-0.2, 0) is 90.2 Å². The molecule has 6 aromatic heterocycles. The molecule has 0 saturated carbocycles. The summed E-state index contributed by atoms with van der Waals surface area (Å²) in [6.45, 7) is -13.5. The molecule has 410 valence electrons. The average Bonchev–Trinajstić information content (AvgIpc) is 4.18. The van der Waals surface area contributed by atoms with Crippen LogP contribution in [-0.4, -0.2) is 158 Å². The standard InChI is InChI=1S/C33H44N14O22P4S2/c1-44-11-47(26-17(44)28(52)43-33(35)41-26)30-20(50)21(59-2)14(65-30)6-61-70(53,54)68-73(58,75)69-71(55,56)62-7-15-22(23(60-3)31(66-15)45-9-38-12-4-36-8-37-24(12)45)67-72(57,74)63-5-13-18(48)19(49)29(64-13)46-10-39-16-25(46)40-32(34)42-27(16)51/h4,8-11,13-15,18-23,29-31,48-50H,5-7H2,1-3H3,(H9-,34,35,40,41,42,43,51,52,53,54,55,56,57,58,74,75)/p-3. The minimum atomic E-state index is -6.02. The second-order valence-electron chi connectivity index (χ2n) is 16.4. The quantitative estimate of drug-likeness (QED) is 0.0276. The molecule has 3 saturated heterocycles. The molecule has 42 heteroatoms. The Morgan fingerprint density at radius 1 is 0.747 bits per heavy atom. The summed E-state index contributed by atoms with van der Waals surface area (Å²) in [6, 6.07) is 0. The second kappa shape index (κ2) is 21.3. The van der Waals surface area contributed by atoms with Gasteiger partial charge in [0.1, 0.15) is 80.2 Å². The number of aliphatic hydroxyl groups excluding tert-OH is 3. The Hall–Kier alpha value is -4.11. The molecular formula is C33H41N14O22P4S2-3. The van der Waals surface area contributed by atoms with Gasteiger partial charge in [0, 0.05) is 14.2 Å². The largest absolute Gasteiger partial charge is 0.780 e. The number of nitrogens with one attached hydrogen (secondary N) is 2. The van der Waals surface area contributed by atoms with Crippen LogP contribution in [0.3, 0.4) is 0 Å². The van der Waals surface area contributed by atoms with Gasteiger partial charge in [-0.15, -0.1) is 0 Å². The van der Waals surface area contributed by atoms with Crippen LogP contribution in [0, 0.1) is 0 Å². The molecule has 75 heavy (non-hydrogen) atoms. The number of hydrogen-bond donors (Lipinski definition) is 7. The van der Waals surface area contributed by atoms with Crippen molar-refractivity contribution in [3.8, 4) is 0 Å². The number of aliphatic hydroxyl groups is 3. The van der Waals surface area contributed by atoms with E-state index in [1.165, 1.54) is 45.9 Å². The number of phosphoric acid groups is 2. The van der Waals surface area contributed by atoms with Crippen molar-refractivity contribution in [2.75, 3.05) is 45.5 Å². The second-order valence-corrected chi connectivity index (χ2v) is 24.9. The first-order valence-corrected chi connectivity index (χ1v) is 29.3. The smallest absolute Gasteiger partial charge is 0.313 e. The third-order valence-corrected chi connectivity index (χ3v) is 18.5. The number of aromatic nitrogens is 12. The monoisotopic (exact) mass is 1170 g/mol. The lowest BCUT2D eigenvalue weighted by molar-refractivity contribution is -0.745. The molecule has 9 N–H and O–H groups in total. The number of methoxy groups -OCH3 is 2. The van der Waals surface area contributed by atoms with Gasteiger partial charge in [0.05, 0.1) is 45.7 Å². The van der Waals surface area contributed by atoms with Crippen LogP contribution < -0.4 is 46.7 Å². The van der Waals surface area contributed by atoms with Gasteiger partial charge < -0.3 is 88.1 Å². The van der Waals surface area contributed by atoms with E-state index in [2.05, 4.69) is 60.3 Å². The molecule has 0 aliphatic carbocycles. The lowest BCUT2D eigenvalue weighted by Crippen LogP contribution is -2.46. The van der Waals surface area contributed by atoms with Crippen LogP contribution in [0.1, 0.15) is 18.7 Å². The maximum absolute atomic E-state index is 13.9. The Balaban J connectivity index is 0.858. The Kier molecular flexibility index (Phi) is 15.8. The highest BCUT2D eigenvalue weighted by Crippen LogP contribution is 2.63. The Labute approximate surface area is 427 Å². The molecule has 9 heterocycles. The van der Waals surface area contributed by atoms with Crippen LogP contribution in [0.4, 0.5) is 11.9 Å². The zero-order chi connectivity index (χ0) is 54.1. The van der Waals surface area contributed by atoms with E-state index in [1.807, 2.05) is 0 Å². The first kappa shape index (κ1) is 55.6. The van der Waals surface area contributed by atoms with E-state index in [9.17, 15) is 53.6 Å². The predicted molar refractivity (Wildman–Crippen MR) is 244 cm³/mol. The summed E-state index contributed by atoms with van der Waals surface area (Å²) in [6.07, 6.45) is -12.0. The van der Waals surface area contributed by atoms with Crippen molar-refractivity contribution in [3.05, 3.63) is 52.2 Å². The summed E-state index contributed by atoms with van der Waals surface area (Å²) in [7, 11) is -8.12. The molecule has 0 spiro atoms. The van der Waals surface area contributed by atoms with Gasteiger partial charge in [-0.25, -0.2) is 24.5 Å². The van der Waals surface area contributed by atoms with E-state index >= 15 is 0 Å². The minimum absolute atomic E-state index is 0.0281. The van der Waals surface area contributed by atoms with Crippen LogP contribution in [0.15, 0.2) is 41.1 Å². The van der Waals surface area contributed by atoms with E-state index < -0.39 is 134 Å². The summed E-state index contributed by atoms with van der Waals surface area (Å²) >= 11 is 9.76. The van der Waals surface area contributed by atoms with E-state index in [0.717, 1.165) is 25.1 Å². The molecule has 36 nitrogen and oxygen atoms in total. The molecular weight excluding hydrogens is 1130 g/mol. The van der Waals surface area contributed by atoms with Crippen molar-refractivity contribution >= 4 is 98.1 Å². The number of anilines is 2. The van der Waals surface area contributed by atoms with Crippen molar-refractivity contribution < 1.29 is 99.0 Å². The Morgan fingerprint density at radius 2 is 1.35 bits per heavy atom. The average molecular weight is 1170 g/mol. The number of aryl methyl sites for hydroxylation is 1. The van der Waals surface area contributed by atoms with E-state index in [0.29, 0.717) is 0 Å². The van der Waals surface area contributed by atoms with Gasteiger partial charge in [-0.1, -0.05) is 28.6 Å². The van der Waals surface area contributed by atoms with Gasteiger partial charge in [0.15, 0.2) is 35.6 Å². The highest BCUT2D eigenvalue weighted by Gasteiger charge is 2.51. The van der Waals surface area contributed by atoms with Crippen molar-refractivity contribution in [2.45, 2.75) is 73.6 Å². The number of imidazole rings is 3. The SMILES string of the molecule is COC1C(COP(=O)([O-])OP([O-])(=S)OP(=O)([O-])OCC2OC(n3cnc4cncnc43)C(OC)C2OP([O-])(=S)OCC2OC(n3cnc4c(=O)[nH]c(N)nc43)C(O)C2O)OC([n+]2cn(C)c3c(=O)[nH]c(N)nc32)C1O. The zero-order valence-electron chi connectivity index (χ0n) is 38.3. The van der Waals surface area contributed by atoms with E-state index in [1.54, 1.807) is 0 Å². The highest BCUT2D eigenvalue weighted by molar-refractivity contribution is 8.09. The summed E-state index contributed by atoms with van der Waals surface area (Å²) in [5.74, 6) is -0.554. The molecule has 16 unspecified atom stereocenters. The number of fused-ring (bicyclic) bond motifs is 3. The molecule has 6 aromatic rings. The number of H-pyrrole nitrogens is 2. The van der Waals surface area contributed by atoms with Gasteiger partial charge in [-0.3, -0.25) is 51.0 Å². The fraction of sp³-hybridized carbons (Fsp3) is 0.545. The highest BCUT2D eigenvalue weighted by atomic mass is 32.5. The van der Waals surface area contributed by atoms with Crippen molar-refractivity contribution in [1.82, 2.24) is 53.6 Å². The molecule has 0 amide bonds. The summed E-state index contributed by atoms with van der Waals surface area (Å²) in [4.78, 5) is 107. The maximum Gasteiger partial charge on any atom is 0.313 e. The number of rotatable bonds is 20. The number of phosphoric ester groups is 2. The van der Waals surface area contributed by atoms with Gasteiger partial charge in [-0.2, -0.15) is 4.98 Å². The fourth-order valence-corrected chi connectivity index (χ4v) is 14.7. The number of nitrogens with zero attached hydrogens (tertiary/aromatic N) is 10. The van der Waals surface area contributed by atoms with Crippen LogP contribution >= 0.6 is 29.1 Å². The summed E-state index contributed by atoms with van der Waals surface area (Å²) in [5, 5.41) is 32.9. The number of hydrogen-bond acceptors (Lipinski definition) is 32. The first-order chi connectivity index (χ1) is 35.3. The normalized spacial score (nSPS) is 30.5. The van der Waals surface area contributed by atoms with Gasteiger partial charge in [-0.05, 0) is 0 Å². The van der Waals surface area contributed by atoms with Crippen molar-refractivity contribution in [2.24, 2.45) is 7.05 Å². The molecule has 16 atom stereocenters. The fourth-order valence-electron chi connectivity index (χ4n) is 8.45. The Bertz CT molecular complexity index is 3440. The topological polar surface area (TPSA) is 502 Å². The minimum Gasteiger partial charge on any atom is -0.780 e. The van der Waals surface area contributed by atoms with Crippen LogP contribution in [0.2, 0.25) is 0 Å². The molecule has 0 radical (unpaired) electrons. The number of ether oxygens (including phenoxy) is 5. The summed E-state index contributed by atoms with van der Waals surface area (Å²) in [5.41, 5.74) is 10.2. The van der Waals surface area contributed by atoms with Crippen LogP contribution in [0.5, 0.6) is 0 Å². The lowest BCUT2D eigenvalue weighted by Gasteiger charge is -2.38. The van der Waals surface area contributed by atoms with Gasteiger partial charge in [0.2, 0.25) is 17.7 Å².